The molecule has 0 radical (unpaired) electrons. The highest BCUT2D eigenvalue weighted by Crippen LogP contribution is 2.38. The average molecular weight is 280 g/mol. The van der Waals surface area contributed by atoms with Gasteiger partial charge in [-0.2, -0.15) is 11.4 Å². The number of rotatable bonds is 2. The maximum absolute atomic E-state index is 3.90. The topological polar surface area (TPSA) is 42.7 Å². The van der Waals surface area contributed by atoms with Crippen LogP contribution < -0.4 is 5.32 Å². The lowest BCUT2D eigenvalue weighted by molar-refractivity contribution is 1.06. The smallest absolute Gasteiger partial charge is 0.123 e. The largest absolute Gasteiger partial charge is 0.355 e. The molecular weight excluding hydrogens is 268 g/mol. The van der Waals surface area contributed by atoms with Crippen molar-refractivity contribution < 1.29 is 0 Å². The summed E-state index contributed by atoms with van der Waals surface area (Å²) in [5, 5.41) is 11.2. The number of fused-ring (bicyclic) bond motifs is 1. The molecule has 0 spiro atoms. The molecule has 0 atom stereocenters. The van der Waals surface area contributed by atoms with Crippen molar-refractivity contribution in [2.75, 3.05) is 5.32 Å². The fourth-order valence-corrected chi connectivity index (χ4v) is 3.26. The summed E-state index contributed by atoms with van der Waals surface area (Å²) in [6.45, 7) is 0. The Labute approximate surface area is 120 Å². The highest BCUT2D eigenvalue weighted by Gasteiger charge is 2.14. The molecule has 1 aliphatic rings. The molecule has 5 heteroatoms. The van der Waals surface area contributed by atoms with E-state index in [1.807, 2.05) is 10.6 Å². The van der Waals surface area contributed by atoms with E-state index in [1.165, 1.54) is 33.1 Å². The first-order valence-electron chi connectivity index (χ1n) is 6.30. The molecule has 1 aromatic heterocycles. The summed E-state index contributed by atoms with van der Waals surface area (Å²) in [6, 6.07) is 14.7. The lowest BCUT2D eigenvalue weighted by Gasteiger charge is -2.13. The van der Waals surface area contributed by atoms with Crippen molar-refractivity contribution in [2.45, 2.75) is 4.90 Å². The van der Waals surface area contributed by atoms with Gasteiger partial charge in [-0.05, 0) is 12.1 Å². The van der Waals surface area contributed by atoms with Crippen LogP contribution in [-0.4, -0.2) is 20.3 Å². The van der Waals surface area contributed by atoms with Crippen LogP contribution in [0.15, 0.2) is 60.0 Å². The Kier molecular flexibility index (Phi) is 2.63. The van der Waals surface area contributed by atoms with E-state index in [1.54, 1.807) is 12.7 Å². The number of para-hydroxylation sites is 2. The second kappa shape index (κ2) is 4.61. The number of thiol groups is 1. The highest BCUT2D eigenvalue weighted by atomic mass is 32.1. The maximum atomic E-state index is 3.90. The van der Waals surface area contributed by atoms with E-state index in [2.05, 4.69) is 57.4 Å². The summed E-state index contributed by atoms with van der Waals surface area (Å²) in [4.78, 5) is 1.31. The zero-order valence-electron chi connectivity index (χ0n) is 10.6. The van der Waals surface area contributed by atoms with Gasteiger partial charge in [0.15, 0.2) is 0 Å². The van der Waals surface area contributed by atoms with Gasteiger partial charge in [-0.25, -0.2) is 0 Å². The molecule has 1 aliphatic heterocycles. The Bertz CT molecular complexity index is 793. The lowest BCUT2D eigenvalue weighted by atomic mass is 10.0. The number of hydrogen-bond donors (Lipinski definition) is 2. The van der Waals surface area contributed by atoms with Gasteiger partial charge < -0.3 is 5.32 Å². The van der Waals surface area contributed by atoms with Crippen molar-refractivity contribution in [3.05, 3.63) is 55.1 Å². The Hall–Kier alpha value is -2.40. The van der Waals surface area contributed by atoms with Crippen molar-refractivity contribution in [1.82, 2.24) is 14.8 Å². The zero-order chi connectivity index (χ0) is 13.4. The zero-order valence-corrected chi connectivity index (χ0v) is 11.5. The predicted molar refractivity (Wildman–Crippen MR) is 83.7 cm³/mol. The molecule has 0 fully saturated rings. The van der Waals surface area contributed by atoms with Gasteiger partial charge in [-0.3, -0.25) is 4.57 Å². The van der Waals surface area contributed by atoms with Crippen LogP contribution in [0, 0.1) is 0 Å². The van der Waals surface area contributed by atoms with Crippen LogP contribution in [-0.2, 0) is 0 Å². The van der Waals surface area contributed by atoms with Crippen molar-refractivity contribution in [3.8, 4) is 16.8 Å². The molecule has 0 bridgehead atoms. The molecule has 2 aromatic carbocycles. The first-order valence-corrected chi connectivity index (χ1v) is 7.26. The first kappa shape index (κ1) is 11.4. The van der Waals surface area contributed by atoms with Gasteiger partial charge in [-0.15, -0.1) is 10.2 Å². The van der Waals surface area contributed by atoms with E-state index in [4.69, 9.17) is 0 Å². The lowest BCUT2D eigenvalue weighted by Crippen LogP contribution is -1.97. The van der Waals surface area contributed by atoms with E-state index in [9.17, 15) is 0 Å². The van der Waals surface area contributed by atoms with Crippen molar-refractivity contribution in [2.24, 2.45) is 0 Å². The summed E-state index contributed by atoms with van der Waals surface area (Å²) in [5.41, 5.74) is 6.70. The van der Waals surface area contributed by atoms with Crippen LogP contribution >= 0.6 is 11.4 Å². The Balaban J connectivity index is 1.95. The minimum absolute atomic E-state index is 1.08. The third-order valence-electron chi connectivity index (χ3n) is 3.35. The maximum Gasteiger partial charge on any atom is 0.123 e. The molecule has 0 aliphatic carbocycles. The van der Waals surface area contributed by atoms with Crippen LogP contribution in [0.4, 0.5) is 5.69 Å². The number of benzene rings is 2. The quantitative estimate of drug-likeness (QED) is 0.560. The Morgan fingerprint density at radius 2 is 1.70 bits per heavy atom. The highest BCUT2D eigenvalue weighted by molar-refractivity contribution is 7.98. The van der Waals surface area contributed by atoms with Crippen molar-refractivity contribution >= 4 is 22.5 Å². The molecule has 2 heterocycles. The number of nitrogens with one attached hydrogen (secondary N) is 1. The van der Waals surface area contributed by atoms with E-state index >= 15 is 0 Å². The minimum Gasteiger partial charge on any atom is -0.355 e. The van der Waals surface area contributed by atoms with Gasteiger partial charge in [0.2, 0.25) is 0 Å². The number of aromatic nitrogens is 3. The standard InChI is InChI=1S/C15H12N4S/c1-2-6-13(19-8-17-18-9-19)11(4-1)12-5-3-7-14-15(12)16-10-20-14/h1-10,16,20H. The van der Waals surface area contributed by atoms with E-state index < -0.39 is 0 Å². The molecule has 0 saturated carbocycles. The van der Waals surface area contributed by atoms with Gasteiger partial charge >= 0.3 is 0 Å². The summed E-state index contributed by atoms with van der Waals surface area (Å²) in [6.07, 6.45) is 3.44. The van der Waals surface area contributed by atoms with Crippen LogP contribution in [0.25, 0.3) is 16.8 Å². The SMILES string of the molecule is C1=[SH]c2cccc(-c3ccccc3-n3cnnc3)c2N1. The summed E-state index contributed by atoms with van der Waals surface area (Å²) < 4.78 is 1.94. The molecular formula is C15H12N4S. The monoisotopic (exact) mass is 280 g/mol. The normalized spacial score (nSPS) is 12.6. The fourth-order valence-electron chi connectivity index (χ4n) is 2.44. The fraction of sp³-hybridized carbons (Fsp3) is 0. The van der Waals surface area contributed by atoms with E-state index in [0.717, 1.165) is 5.69 Å². The molecule has 0 amide bonds. The van der Waals surface area contributed by atoms with Crippen LogP contribution in [0.3, 0.4) is 0 Å². The summed E-state index contributed by atoms with van der Waals surface area (Å²) in [7, 11) is 0. The number of anilines is 1. The van der Waals surface area contributed by atoms with Gasteiger partial charge in [-0.1, -0.05) is 30.3 Å². The van der Waals surface area contributed by atoms with Gasteiger partial charge in [0, 0.05) is 21.5 Å². The predicted octanol–water partition coefficient (Wildman–Crippen LogP) is 2.94. The van der Waals surface area contributed by atoms with E-state index in [0.29, 0.717) is 0 Å². The first-order chi connectivity index (χ1) is 9.93. The van der Waals surface area contributed by atoms with Crippen molar-refractivity contribution in [3.63, 3.8) is 0 Å². The summed E-state index contributed by atoms with van der Waals surface area (Å²) in [5.74, 6) is 0. The van der Waals surface area contributed by atoms with Gasteiger partial charge in [0.1, 0.15) is 12.7 Å². The molecule has 4 rings (SSSR count). The molecule has 4 nitrogen and oxygen atoms in total. The average Bonchev–Trinajstić information content (AvgIpc) is 3.18. The third kappa shape index (κ3) is 1.75. The minimum atomic E-state index is 1.08. The third-order valence-corrected chi connectivity index (χ3v) is 4.26. The molecule has 20 heavy (non-hydrogen) atoms. The van der Waals surface area contributed by atoms with E-state index in [-0.39, 0.29) is 0 Å². The van der Waals surface area contributed by atoms with Gasteiger partial charge in [0.25, 0.3) is 0 Å². The second-order valence-corrected chi connectivity index (χ2v) is 5.49. The second-order valence-electron chi connectivity index (χ2n) is 4.49. The van der Waals surface area contributed by atoms with Gasteiger partial charge in [0.05, 0.1) is 11.4 Å². The Morgan fingerprint density at radius 3 is 2.60 bits per heavy atom. The van der Waals surface area contributed by atoms with Crippen LogP contribution in [0.2, 0.25) is 0 Å². The van der Waals surface area contributed by atoms with Crippen molar-refractivity contribution in [1.29, 1.82) is 0 Å². The molecule has 0 unspecified atom stereocenters. The molecule has 1 N–H and O–H groups in total. The number of nitrogens with zero attached hydrogens (tertiary/aromatic N) is 3. The number of hydrogen-bond acceptors (Lipinski definition) is 3. The van der Waals surface area contributed by atoms with Crippen LogP contribution in [0.1, 0.15) is 0 Å². The Morgan fingerprint density at radius 1 is 0.900 bits per heavy atom. The molecule has 98 valence electrons. The molecule has 0 saturated heterocycles. The van der Waals surface area contributed by atoms with Crippen LogP contribution in [0.5, 0.6) is 0 Å². The summed E-state index contributed by atoms with van der Waals surface area (Å²) >= 11 is 1.22. The molecule has 3 aromatic rings.